The quantitative estimate of drug-likeness (QED) is 0.457. The van der Waals surface area contributed by atoms with Crippen LogP contribution in [-0.2, 0) is 19.5 Å². The molecule has 0 bridgehead atoms. The van der Waals surface area contributed by atoms with Crippen molar-refractivity contribution in [3.05, 3.63) is 89.1 Å². The van der Waals surface area contributed by atoms with E-state index in [4.69, 9.17) is 4.98 Å². The minimum atomic E-state index is -0.384. The summed E-state index contributed by atoms with van der Waals surface area (Å²) in [6.45, 7) is 2.83. The topological polar surface area (TPSA) is 67.1 Å². The molecule has 7 nitrogen and oxygen atoms in total. The van der Waals surface area contributed by atoms with E-state index in [0.29, 0.717) is 34.7 Å². The second-order valence-corrected chi connectivity index (χ2v) is 9.09. The summed E-state index contributed by atoms with van der Waals surface area (Å²) in [7, 11) is 0. The number of benzene rings is 2. The average molecular weight is 475 g/mol. The predicted molar refractivity (Wildman–Crippen MR) is 129 cm³/mol. The first-order valence-electron chi connectivity index (χ1n) is 11.6. The fraction of sp³-hybridized carbons (Fsp3) is 0.231. The van der Waals surface area contributed by atoms with Crippen molar-refractivity contribution in [3.63, 3.8) is 0 Å². The molecule has 2 N–H and O–H groups in total. The summed E-state index contributed by atoms with van der Waals surface area (Å²) in [5.74, 6) is 0.765. The van der Waals surface area contributed by atoms with Gasteiger partial charge in [-0.15, -0.1) is 0 Å². The van der Waals surface area contributed by atoms with E-state index >= 15 is 0 Å². The van der Waals surface area contributed by atoms with E-state index in [1.165, 1.54) is 24.3 Å². The Morgan fingerprint density at radius 2 is 2.00 bits per heavy atom. The highest BCUT2D eigenvalue weighted by atomic mass is 19.1. The molecule has 0 saturated heterocycles. The van der Waals surface area contributed by atoms with Crippen molar-refractivity contribution >= 4 is 28.8 Å². The van der Waals surface area contributed by atoms with Gasteiger partial charge in [0.2, 0.25) is 0 Å². The number of nitrogens with zero attached hydrogens (tertiary/aromatic N) is 4. The molecular weight excluding hydrogens is 450 g/mol. The Balaban J connectivity index is 1.29. The van der Waals surface area contributed by atoms with Gasteiger partial charge in [-0.3, -0.25) is 19.8 Å². The lowest BCUT2D eigenvalue weighted by Crippen LogP contribution is -2.40. The molecule has 0 aliphatic carbocycles. The Labute approximate surface area is 200 Å². The van der Waals surface area contributed by atoms with Crippen LogP contribution in [0.3, 0.4) is 0 Å². The number of nitrogens with one attached hydrogen (secondary N) is 2. The number of hydrogen-bond acceptors (Lipinski definition) is 4. The third kappa shape index (κ3) is 3.92. The fourth-order valence-corrected chi connectivity index (χ4v) is 4.82. The maximum absolute atomic E-state index is 13.9. The lowest BCUT2D eigenvalue weighted by molar-refractivity contribution is 0.0831. The van der Waals surface area contributed by atoms with Crippen LogP contribution in [0.25, 0.3) is 17.1 Å². The molecule has 2 aliphatic rings. The van der Waals surface area contributed by atoms with Crippen LogP contribution in [0.4, 0.5) is 14.6 Å². The maximum Gasteiger partial charge on any atom is 0.286 e. The molecule has 1 unspecified atom stereocenters. The molecule has 9 heteroatoms. The largest absolute Gasteiger partial charge is 0.367 e. The number of halogens is 2. The van der Waals surface area contributed by atoms with Gasteiger partial charge in [-0.2, -0.15) is 0 Å². The molecule has 0 fully saturated rings. The molecule has 4 heterocycles. The first kappa shape index (κ1) is 21.4. The molecule has 1 atom stereocenters. The van der Waals surface area contributed by atoms with E-state index in [-0.39, 0.29) is 24.1 Å². The molecular formula is C26H24F2N6O. The minimum Gasteiger partial charge on any atom is -0.367 e. The molecule has 0 saturated carbocycles. The van der Waals surface area contributed by atoms with E-state index in [2.05, 4.69) is 17.7 Å². The number of hydrogen-bond donors (Lipinski definition) is 2. The molecule has 2 aromatic heterocycles. The molecule has 2 aromatic carbocycles. The van der Waals surface area contributed by atoms with Crippen molar-refractivity contribution in [1.29, 1.82) is 0 Å². The monoisotopic (exact) mass is 474 g/mol. The predicted octanol–water partition coefficient (Wildman–Crippen LogP) is 4.50. The Kier molecular flexibility index (Phi) is 5.05. The normalized spacial score (nSPS) is 16.7. The smallest absolute Gasteiger partial charge is 0.286 e. The van der Waals surface area contributed by atoms with Crippen molar-refractivity contribution in [3.8, 4) is 0 Å². The Hall–Kier alpha value is -4.14. The summed E-state index contributed by atoms with van der Waals surface area (Å²) in [6.07, 6.45) is 5.63. The molecule has 35 heavy (non-hydrogen) atoms. The SMILES string of the molecule is CC1CCc2nc3n(c2N1)C=CN(NC(=O)c1cc2cc(F)ccc2n1Cc1cccc(F)c1)C3. The second kappa shape index (κ2) is 8.26. The number of carbonyl (C=O) groups is 1. The number of anilines is 1. The Morgan fingerprint density at radius 1 is 1.14 bits per heavy atom. The average Bonchev–Trinajstić information content (AvgIpc) is 3.36. The van der Waals surface area contributed by atoms with E-state index in [9.17, 15) is 13.6 Å². The summed E-state index contributed by atoms with van der Waals surface area (Å²) in [5.41, 5.74) is 5.71. The Morgan fingerprint density at radius 3 is 2.86 bits per heavy atom. The van der Waals surface area contributed by atoms with Crippen LogP contribution in [0.15, 0.2) is 54.7 Å². The highest BCUT2D eigenvalue weighted by Crippen LogP contribution is 2.29. The minimum absolute atomic E-state index is 0.270. The first-order valence-corrected chi connectivity index (χ1v) is 11.6. The zero-order valence-electron chi connectivity index (χ0n) is 19.1. The van der Waals surface area contributed by atoms with E-state index in [1.807, 2.05) is 10.8 Å². The second-order valence-electron chi connectivity index (χ2n) is 9.09. The molecule has 1 amide bonds. The van der Waals surface area contributed by atoms with Gasteiger partial charge in [0.15, 0.2) is 0 Å². The van der Waals surface area contributed by atoms with Crippen molar-refractivity contribution in [2.24, 2.45) is 0 Å². The molecule has 4 aromatic rings. The lowest BCUT2D eigenvalue weighted by Gasteiger charge is -2.26. The Bertz CT molecular complexity index is 1490. The number of imidazole rings is 1. The first-order chi connectivity index (χ1) is 16.9. The third-order valence-electron chi connectivity index (χ3n) is 6.53. The summed E-state index contributed by atoms with van der Waals surface area (Å²) in [5, 5.41) is 5.77. The number of rotatable bonds is 4. The van der Waals surface area contributed by atoms with Gasteiger partial charge in [0.05, 0.1) is 12.2 Å². The van der Waals surface area contributed by atoms with Crippen LogP contribution in [0.2, 0.25) is 0 Å². The highest BCUT2D eigenvalue weighted by molar-refractivity contribution is 5.98. The summed E-state index contributed by atoms with van der Waals surface area (Å²) in [4.78, 5) is 18.1. The van der Waals surface area contributed by atoms with Crippen LogP contribution in [-0.4, -0.2) is 31.1 Å². The van der Waals surface area contributed by atoms with Gasteiger partial charge < -0.3 is 9.88 Å². The van der Waals surface area contributed by atoms with Gasteiger partial charge >= 0.3 is 0 Å². The molecule has 6 rings (SSSR count). The zero-order valence-corrected chi connectivity index (χ0v) is 19.1. The number of carbonyl (C=O) groups excluding carboxylic acids is 1. The fourth-order valence-electron chi connectivity index (χ4n) is 4.82. The lowest BCUT2D eigenvalue weighted by atomic mass is 10.1. The zero-order chi connectivity index (χ0) is 24.1. The summed E-state index contributed by atoms with van der Waals surface area (Å²) < 4.78 is 31.5. The van der Waals surface area contributed by atoms with Crippen LogP contribution in [0.5, 0.6) is 0 Å². The van der Waals surface area contributed by atoms with Crippen LogP contribution in [0.1, 0.15) is 40.9 Å². The van der Waals surface area contributed by atoms with Gasteiger partial charge in [-0.1, -0.05) is 12.1 Å². The van der Waals surface area contributed by atoms with Crippen molar-refractivity contribution < 1.29 is 13.6 Å². The van der Waals surface area contributed by atoms with Gasteiger partial charge in [-0.05, 0) is 61.7 Å². The van der Waals surface area contributed by atoms with Crippen molar-refractivity contribution in [2.45, 2.75) is 38.9 Å². The van der Waals surface area contributed by atoms with Gasteiger partial charge in [-0.25, -0.2) is 13.8 Å². The van der Waals surface area contributed by atoms with Gasteiger partial charge in [0.1, 0.15) is 29.0 Å². The molecule has 0 spiro atoms. The number of aryl methyl sites for hydroxylation is 1. The van der Waals surface area contributed by atoms with Gasteiger partial charge in [0, 0.05) is 35.9 Å². The molecule has 178 valence electrons. The van der Waals surface area contributed by atoms with Crippen LogP contribution >= 0.6 is 0 Å². The standard InChI is InChI=1S/C26H24F2N6O/c1-16-5-7-21-25(29-16)33-10-9-32(15-24(33)30-21)31-26(35)23-13-18-12-20(28)6-8-22(18)34(23)14-17-3-2-4-19(27)11-17/h2-4,6,8-13,16,29H,5,7,14-15H2,1H3,(H,31,35). The van der Waals surface area contributed by atoms with E-state index in [1.54, 1.807) is 40.0 Å². The number of fused-ring (bicyclic) bond motifs is 4. The van der Waals surface area contributed by atoms with Crippen molar-refractivity contribution in [1.82, 2.24) is 24.6 Å². The number of hydrazine groups is 1. The maximum atomic E-state index is 13.9. The molecule has 2 aliphatic heterocycles. The van der Waals surface area contributed by atoms with Crippen molar-refractivity contribution in [2.75, 3.05) is 5.32 Å². The van der Waals surface area contributed by atoms with Crippen LogP contribution < -0.4 is 10.7 Å². The number of aromatic nitrogens is 3. The van der Waals surface area contributed by atoms with Gasteiger partial charge in [0.25, 0.3) is 5.91 Å². The summed E-state index contributed by atoms with van der Waals surface area (Å²) in [6, 6.07) is 12.7. The van der Waals surface area contributed by atoms with E-state index in [0.717, 1.165) is 30.2 Å². The van der Waals surface area contributed by atoms with E-state index < -0.39 is 0 Å². The third-order valence-corrected chi connectivity index (χ3v) is 6.53. The highest BCUT2D eigenvalue weighted by Gasteiger charge is 2.26. The summed E-state index contributed by atoms with van der Waals surface area (Å²) >= 11 is 0. The van der Waals surface area contributed by atoms with Crippen LogP contribution in [0, 0.1) is 11.6 Å². The molecule has 0 radical (unpaired) electrons. The number of amides is 1.